The third kappa shape index (κ3) is 5.48. The molecule has 2 aliphatic rings. The number of carbonyl (C=O) groups excluding carboxylic acids is 1. The van der Waals surface area contributed by atoms with Crippen LogP contribution in [0.15, 0.2) is 36.5 Å². The van der Waals surface area contributed by atoms with Crippen molar-refractivity contribution in [3.05, 3.63) is 41.6 Å². The van der Waals surface area contributed by atoms with Crippen LogP contribution in [-0.4, -0.2) is 53.2 Å². The monoisotopic (exact) mass is 480 g/mol. The minimum atomic E-state index is -0.231. The van der Waals surface area contributed by atoms with Crippen LogP contribution >= 0.6 is 11.6 Å². The molecule has 1 aromatic carbocycles. The number of hydrogen-bond donors (Lipinski definition) is 4. The highest BCUT2D eigenvalue weighted by Crippen LogP contribution is 2.30. The molecular formula is C24H29ClN8O. The van der Waals surface area contributed by atoms with Gasteiger partial charge in [0, 0.05) is 49.5 Å². The van der Waals surface area contributed by atoms with E-state index in [0.717, 1.165) is 68.6 Å². The minimum absolute atomic E-state index is 0.231. The van der Waals surface area contributed by atoms with Gasteiger partial charge in [0.1, 0.15) is 5.82 Å². The molecule has 4 N–H and O–H groups in total. The lowest BCUT2D eigenvalue weighted by atomic mass is 9.96. The van der Waals surface area contributed by atoms with Crippen LogP contribution in [0.2, 0.25) is 5.02 Å². The van der Waals surface area contributed by atoms with E-state index in [1.807, 2.05) is 24.3 Å². The second-order valence-corrected chi connectivity index (χ2v) is 9.17. The van der Waals surface area contributed by atoms with Crippen molar-refractivity contribution in [2.45, 2.75) is 38.1 Å². The molecule has 34 heavy (non-hydrogen) atoms. The lowest BCUT2D eigenvalue weighted by Gasteiger charge is -2.30. The van der Waals surface area contributed by atoms with Gasteiger partial charge >= 0.3 is 6.03 Å². The molecule has 3 heterocycles. The summed E-state index contributed by atoms with van der Waals surface area (Å²) in [6, 6.07) is 9.48. The number of carbonyl (C=O) groups is 1. The Labute approximate surface area is 203 Å². The summed E-state index contributed by atoms with van der Waals surface area (Å²) in [5.74, 6) is 0.865. The molecule has 0 atom stereocenters. The number of urea groups is 1. The largest absolute Gasteiger partial charge is 0.368 e. The van der Waals surface area contributed by atoms with Gasteiger partial charge in [-0.2, -0.15) is 4.98 Å². The van der Waals surface area contributed by atoms with Crippen LogP contribution in [0.5, 0.6) is 0 Å². The van der Waals surface area contributed by atoms with Crippen LogP contribution in [0.1, 0.15) is 32.1 Å². The first-order valence-corrected chi connectivity index (χ1v) is 12.3. The molecule has 0 bridgehead atoms. The first-order chi connectivity index (χ1) is 16.6. The molecule has 0 spiro atoms. The number of amides is 2. The Hall–Kier alpha value is -3.17. The highest BCUT2D eigenvalue weighted by Gasteiger charge is 2.16. The maximum absolute atomic E-state index is 12.4. The zero-order valence-corrected chi connectivity index (χ0v) is 19.7. The predicted molar refractivity (Wildman–Crippen MR) is 136 cm³/mol. The van der Waals surface area contributed by atoms with Crippen molar-refractivity contribution < 1.29 is 4.79 Å². The smallest absolute Gasteiger partial charge is 0.320 e. The number of fused-ring (bicyclic) bond motifs is 1. The van der Waals surface area contributed by atoms with E-state index in [0.29, 0.717) is 22.4 Å². The van der Waals surface area contributed by atoms with E-state index in [-0.39, 0.29) is 12.1 Å². The molecule has 1 aliphatic heterocycles. The fraction of sp³-hybridized carbons (Fsp3) is 0.417. The normalized spacial score (nSPS) is 16.9. The number of halogens is 1. The highest BCUT2D eigenvalue weighted by atomic mass is 35.5. The second kappa shape index (κ2) is 10.4. The quantitative estimate of drug-likeness (QED) is 0.431. The molecule has 0 radical (unpaired) electrons. The van der Waals surface area contributed by atoms with E-state index in [4.69, 9.17) is 11.6 Å². The van der Waals surface area contributed by atoms with E-state index >= 15 is 0 Å². The van der Waals surface area contributed by atoms with Crippen molar-refractivity contribution in [3.63, 3.8) is 0 Å². The lowest BCUT2D eigenvalue weighted by Crippen LogP contribution is -2.43. The molecule has 5 rings (SSSR count). The van der Waals surface area contributed by atoms with Crippen LogP contribution in [0.25, 0.3) is 11.0 Å². The molecule has 1 saturated carbocycles. The third-order valence-corrected chi connectivity index (χ3v) is 6.59. The molecule has 2 aromatic heterocycles. The van der Waals surface area contributed by atoms with E-state index in [1.54, 1.807) is 12.3 Å². The number of anilines is 4. The van der Waals surface area contributed by atoms with Gasteiger partial charge < -0.3 is 20.9 Å². The molecular weight excluding hydrogens is 452 g/mol. The standard InChI is InChI=1S/C24H29ClN8O/c25-19-14-18(7-8-20(19)33-12-10-26-11-13-33)28-23-27-15-16-6-9-21(30-22(16)32-23)31-24(34)29-17-4-2-1-3-5-17/h6-9,14-15,17,26H,1-5,10-13H2,(H3,27,28,29,30,31,32,34). The zero-order valence-electron chi connectivity index (χ0n) is 19.0. The molecule has 2 amide bonds. The lowest BCUT2D eigenvalue weighted by molar-refractivity contribution is 0.244. The maximum Gasteiger partial charge on any atom is 0.320 e. The number of pyridine rings is 1. The molecule has 0 unspecified atom stereocenters. The van der Waals surface area contributed by atoms with Crippen LogP contribution < -0.4 is 26.2 Å². The number of hydrogen-bond acceptors (Lipinski definition) is 7. The first-order valence-electron chi connectivity index (χ1n) is 11.9. The minimum Gasteiger partial charge on any atom is -0.368 e. The van der Waals surface area contributed by atoms with Gasteiger partial charge in [-0.25, -0.2) is 14.8 Å². The van der Waals surface area contributed by atoms with Gasteiger partial charge in [0.25, 0.3) is 0 Å². The second-order valence-electron chi connectivity index (χ2n) is 8.76. The average molecular weight is 481 g/mol. The van der Waals surface area contributed by atoms with Crippen LogP contribution in [-0.2, 0) is 0 Å². The van der Waals surface area contributed by atoms with Gasteiger partial charge in [-0.3, -0.25) is 5.32 Å². The number of nitrogens with zero attached hydrogens (tertiary/aromatic N) is 4. The Bertz CT molecular complexity index is 1160. The molecule has 9 nitrogen and oxygen atoms in total. The van der Waals surface area contributed by atoms with Crippen LogP contribution in [0.3, 0.4) is 0 Å². The summed E-state index contributed by atoms with van der Waals surface area (Å²) in [6.45, 7) is 3.77. The first kappa shape index (κ1) is 22.6. The fourth-order valence-corrected chi connectivity index (χ4v) is 4.80. The Morgan fingerprint density at radius 2 is 1.88 bits per heavy atom. The molecule has 1 saturated heterocycles. The number of benzene rings is 1. The SMILES string of the molecule is O=C(Nc1ccc2cnc(Nc3ccc(N4CCNCC4)c(Cl)c3)nc2n1)NC1CCCCC1. The third-order valence-electron chi connectivity index (χ3n) is 6.29. The van der Waals surface area contributed by atoms with Crippen molar-refractivity contribution in [1.82, 2.24) is 25.6 Å². The number of nitrogens with one attached hydrogen (secondary N) is 4. The summed E-state index contributed by atoms with van der Waals surface area (Å²) in [6.07, 6.45) is 7.34. The maximum atomic E-state index is 12.4. The number of piperazine rings is 1. The van der Waals surface area contributed by atoms with Crippen molar-refractivity contribution in [2.75, 3.05) is 41.7 Å². The zero-order chi connectivity index (χ0) is 23.3. The van der Waals surface area contributed by atoms with Crippen molar-refractivity contribution in [1.29, 1.82) is 0 Å². The highest BCUT2D eigenvalue weighted by molar-refractivity contribution is 6.33. The molecule has 1 aliphatic carbocycles. The van der Waals surface area contributed by atoms with E-state index in [9.17, 15) is 4.79 Å². The number of rotatable bonds is 5. The molecule has 10 heteroatoms. The summed E-state index contributed by atoms with van der Waals surface area (Å²) >= 11 is 6.56. The van der Waals surface area contributed by atoms with E-state index < -0.39 is 0 Å². The van der Waals surface area contributed by atoms with Gasteiger partial charge in [-0.05, 0) is 43.2 Å². The van der Waals surface area contributed by atoms with Gasteiger partial charge in [-0.15, -0.1) is 0 Å². The van der Waals surface area contributed by atoms with Gasteiger partial charge in [0.2, 0.25) is 5.95 Å². The Kier molecular flexibility index (Phi) is 6.92. The summed E-state index contributed by atoms with van der Waals surface area (Å²) in [4.78, 5) is 28.1. The van der Waals surface area contributed by atoms with E-state index in [2.05, 4.69) is 41.1 Å². The summed E-state index contributed by atoms with van der Waals surface area (Å²) in [5, 5.41) is 13.9. The summed E-state index contributed by atoms with van der Waals surface area (Å²) in [5.41, 5.74) is 2.32. The summed E-state index contributed by atoms with van der Waals surface area (Å²) < 4.78 is 0. The van der Waals surface area contributed by atoms with Gasteiger partial charge in [-0.1, -0.05) is 30.9 Å². The van der Waals surface area contributed by atoms with Gasteiger partial charge in [0.05, 0.1) is 10.7 Å². The number of aromatic nitrogens is 3. The predicted octanol–water partition coefficient (Wildman–Crippen LogP) is 4.29. The average Bonchev–Trinajstić information content (AvgIpc) is 2.85. The van der Waals surface area contributed by atoms with Crippen LogP contribution in [0, 0.1) is 0 Å². The Morgan fingerprint density at radius 3 is 2.68 bits per heavy atom. The Morgan fingerprint density at radius 1 is 1.06 bits per heavy atom. The molecule has 3 aromatic rings. The topological polar surface area (TPSA) is 107 Å². The van der Waals surface area contributed by atoms with Crippen molar-refractivity contribution in [2.24, 2.45) is 0 Å². The molecule has 2 fully saturated rings. The van der Waals surface area contributed by atoms with Crippen LogP contribution in [0.4, 0.5) is 27.9 Å². The Balaban J connectivity index is 1.26. The molecule has 178 valence electrons. The summed E-state index contributed by atoms with van der Waals surface area (Å²) in [7, 11) is 0. The van der Waals surface area contributed by atoms with Crippen molar-refractivity contribution >= 4 is 51.8 Å². The van der Waals surface area contributed by atoms with Crippen molar-refractivity contribution in [3.8, 4) is 0 Å². The fourth-order valence-electron chi connectivity index (χ4n) is 4.50. The van der Waals surface area contributed by atoms with Gasteiger partial charge in [0.15, 0.2) is 5.65 Å². The van der Waals surface area contributed by atoms with E-state index in [1.165, 1.54) is 6.42 Å².